The maximum atomic E-state index is 14.0. The fraction of sp³-hybridized carbons (Fsp3) is 0.364. The molecule has 0 radical (unpaired) electrons. The Balaban J connectivity index is 2.05. The van der Waals surface area contributed by atoms with Crippen molar-refractivity contribution in [3.8, 4) is 0 Å². The number of hydrogen-bond acceptors (Lipinski definition) is 4. The summed E-state index contributed by atoms with van der Waals surface area (Å²) in [6.07, 6.45) is 0. The van der Waals surface area contributed by atoms with Crippen molar-refractivity contribution in [1.29, 1.82) is 5.41 Å². The maximum absolute atomic E-state index is 14.0. The Morgan fingerprint density at radius 2 is 1.03 bits per heavy atom. The van der Waals surface area contributed by atoms with Gasteiger partial charge in [0.25, 0.3) is 0 Å². The molecule has 2 aromatic rings. The van der Waals surface area contributed by atoms with Crippen LogP contribution in [0.25, 0.3) is 0 Å². The lowest BCUT2D eigenvalue weighted by Crippen LogP contribution is -2.66. The van der Waals surface area contributed by atoms with Crippen LogP contribution in [0.3, 0.4) is 0 Å². The average molecular weight is 468 g/mol. The van der Waals surface area contributed by atoms with Crippen LogP contribution in [-0.4, -0.2) is 44.8 Å². The van der Waals surface area contributed by atoms with Gasteiger partial charge in [-0.25, -0.2) is 0 Å². The third kappa shape index (κ3) is 2.37. The van der Waals surface area contributed by atoms with Gasteiger partial charge in [-0.05, 0) is 73.1 Å². The van der Waals surface area contributed by atoms with E-state index in [0.29, 0.717) is 11.3 Å². The highest BCUT2D eigenvalue weighted by Crippen LogP contribution is 2.34. The molecule has 2 heterocycles. The monoisotopic (exact) mass is 467 g/mol. The van der Waals surface area contributed by atoms with Gasteiger partial charge in [-0.2, -0.15) is 0 Å². The van der Waals surface area contributed by atoms with Crippen molar-refractivity contribution in [2.24, 2.45) is 0 Å². The molecule has 2 aromatic carbocycles. The van der Waals surface area contributed by atoms with Crippen LogP contribution in [0.1, 0.15) is 27.0 Å². The van der Waals surface area contributed by atoms with E-state index in [2.05, 4.69) is 52.4 Å². The SMILES string of the molecule is C[Si]1(C)O[Si](C)(C)c2c1c1c(c3c2[Si](C)(C)O[Si]3(C)C)C(=O)c2ccccc2C1=N. The van der Waals surface area contributed by atoms with E-state index >= 15 is 0 Å². The zero-order valence-corrected chi connectivity index (χ0v) is 23.0. The van der Waals surface area contributed by atoms with E-state index < -0.39 is 33.3 Å². The van der Waals surface area contributed by atoms with Crippen LogP contribution in [0.4, 0.5) is 0 Å². The zero-order valence-electron chi connectivity index (χ0n) is 19.0. The summed E-state index contributed by atoms with van der Waals surface area (Å²) in [5.41, 5.74) is 3.55. The first kappa shape index (κ1) is 20.5. The van der Waals surface area contributed by atoms with Crippen molar-refractivity contribution < 1.29 is 13.0 Å². The molecule has 0 saturated heterocycles. The second-order valence-electron chi connectivity index (χ2n) is 10.7. The predicted molar refractivity (Wildman–Crippen MR) is 133 cm³/mol. The molecule has 3 aliphatic rings. The molecule has 0 aromatic heterocycles. The minimum absolute atomic E-state index is 0.0719. The maximum Gasteiger partial charge on any atom is 0.206 e. The van der Waals surface area contributed by atoms with Crippen molar-refractivity contribution >= 4 is 65.5 Å². The third-order valence-corrected chi connectivity index (χ3v) is 22.6. The van der Waals surface area contributed by atoms with E-state index in [1.54, 1.807) is 0 Å². The van der Waals surface area contributed by atoms with E-state index in [1.807, 2.05) is 24.3 Å². The Hall–Kier alpha value is -1.43. The Bertz CT molecular complexity index is 1110. The number of hydrogen-bond donors (Lipinski definition) is 1. The van der Waals surface area contributed by atoms with Crippen molar-refractivity contribution in [3.63, 3.8) is 0 Å². The van der Waals surface area contributed by atoms with Crippen LogP contribution in [0.2, 0.25) is 52.4 Å². The lowest BCUT2D eigenvalue weighted by atomic mass is 9.83. The Morgan fingerprint density at radius 3 is 1.53 bits per heavy atom. The third-order valence-electron chi connectivity index (χ3n) is 6.85. The van der Waals surface area contributed by atoms with E-state index in [9.17, 15) is 10.2 Å². The number of ketones is 1. The van der Waals surface area contributed by atoms with Gasteiger partial charge in [0.2, 0.25) is 33.3 Å². The molecule has 1 N–H and O–H groups in total. The first-order valence-corrected chi connectivity index (χ1v) is 22.2. The molecule has 0 amide bonds. The number of rotatable bonds is 0. The predicted octanol–water partition coefficient (Wildman–Crippen LogP) is 2.36. The second kappa shape index (κ2) is 5.67. The summed E-state index contributed by atoms with van der Waals surface area (Å²) >= 11 is 0. The molecule has 156 valence electrons. The number of nitrogens with one attached hydrogen (secondary N) is 1. The van der Waals surface area contributed by atoms with Crippen LogP contribution < -0.4 is 20.7 Å². The van der Waals surface area contributed by atoms with E-state index in [4.69, 9.17) is 8.23 Å². The largest absolute Gasteiger partial charge is 0.449 e. The second-order valence-corrected chi connectivity index (χ2v) is 26.5. The quantitative estimate of drug-likeness (QED) is 0.516. The van der Waals surface area contributed by atoms with Crippen LogP contribution in [-0.2, 0) is 8.23 Å². The summed E-state index contributed by atoms with van der Waals surface area (Å²) in [7, 11) is -8.93. The molecule has 8 heteroatoms. The first-order valence-electron chi connectivity index (χ1n) is 10.6. The molecule has 0 unspecified atom stereocenters. The molecule has 1 aliphatic carbocycles. The van der Waals surface area contributed by atoms with Gasteiger partial charge in [-0.3, -0.25) is 10.2 Å². The lowest BCUT2D eigenvalue weighted by molar-refractivity contribution is 0.103. The fourth-order valence-corrected chi connectivity index (χ4v) is 29.8. The molecule has 2 aliphatic heterocycles. The van der Waals surface area contributed by atoms with Crippen molar-refractivity contribution in [2.45, 2.75) is 52.4 Å². The first-order chi connectivity index (χ1) is 13.7. The molecule has 5 rings (SSSR count). The summed E-state index contributed by atoms with van der Waals surface area (Å²) in [5, 5.41) is 14.3. The van der Waals surface area contributed by atoms with Crippen molar-refractivity contribution in [2.75, 3.05) is 0 Å². The number of carbonyl (C=O) groups excluding carboxylic acids is 1. The van der Waals surface area contributed by atoms with Crippen LogP contribution in [0, 0.1) is 5.41 Å². The van der Waals surface area contributed by atoms with Gasteiger partial charge in [-0.15, -0.1) is 0 Å². The summed E-state index contributed by atoms with van der Waals surface area (Å²) in [5.74, 6) is 0.0719. The van der Waals surface area contributed by atoms with Crippen LogP contribution in [0.15, 0.2) is 24.3 Å². The topological polar surface area (TPSA) is 59.4 Å². The zero-order chi connectivity index (χ0) is 22.0. The van der Waals surface area contributed by atoms with Gasteiger partial charge in [0.05, 0.1) is 5.71 Å². The summed E-state index contributed by atoms with van der Waals surface area (Å²) in [6, 6.07) is 7.62. The molecule has 0 atom stereocenters. The number of fused-ring (bicyclic) bond motifs is 7. The molecule has 30 heavy (non-hydrogen) atoms. The molecule has 0 fully saturated rings. The van der Waals surface area contributed by atoms with Gasteiger partial charge < -0.3 is 8.23 Å². The molecule has 4 nitrogen and oxygen atoms in total. The average Bonchev–Trinajstić information content (AvgIpc) is 2.93. The van der Waals surface area contributed by atoms with Gasteiger partial charge in [0, 0.05) is 22.3 Å². The fourth-order valence-electron chi connectivity index (χ4n) is 6.28. The van der Waals surface area contributed by atoms with Gasteiger partial charge >= 0.3 is 0 Å². The Labute approximate surface area is 182 Å². The minimum Gasteiger partial charge on any atom is -0.449 e. The van der Waals surface area contributed by atoms with Gasteiger partial charge in [-0.1, -0.05) is 24.3 Å². The number of carbonyl (C=O) groups is 1. The van der Waals surface area contributed by atoms with Crippen LogP contribution in [0.5, 0.6) is 0 Å². The molecule has 0 saturated carbocycles. The molecule has 0 bridgehead atoms. The lowest BCUT2D eigenvalue weighted by Gasteiger charge is -2.31. The summed E-state index contributed by atoms with van der Waals surface area (Å²) in [4.78, 5) is 14.0. The molecule has 0 spiro atoms. The van der Waals surface area contributed by atoms with Crippen LogP contribution >= 0.6 is 0 Å². The highest BCUT2D eigenvalue weighted by molar-refractivity contribution is 7.14. The number of benzene rings is 2. The molecular formula is C22H29NO3Si4. The highest BCUT2D eigenvalue weighted by Gasteiger charge is 2.59. The van der Waals surface area contributed by atoms with E-state index in [-0.39, 0.29) is 5.78 Å². The smallest absolute Gasteiger partial charge is 0.206 e. The standard InChI is InChI=1S/C22H29NO3Si4/c1-27(2)19-15-16(18(24)14-12-10-9-11-13(14)17(15)23)20-22(21(19)29(5,6)25-27)30(7,8)26-28(20,3)4/h9-12,23H,1-8H3. The van der Waals surface area contributed by atoms with Gasteiger partial charge in [0.15, 0.2) is 5.78 Å². The van der Waals surface area contributed by atoms with Crippen molar-refractivity contribution in [1.82, 2.24) is 0 Å². The van der Waals surface area contributed by atoms with E-state index in [1.165, 1.54) is 20.7 Å². The van der Waals surface area contributed by atoms with E-state index in [0.717, 1.165) is 16.7 Å². The minimum atomic E-state index is -2.29. The van der Waals surface area contributed by atoms with Gasteiger partial charge in [0.1, 0.15) is 0 Å². The normalized spacial score (nSPS) is 23.6. The Morgan fingerprint density at radius 1 is 0.633 bits per heavy atom. The summed E-state index contributed by atoms with van der Waals surface area (Å²) in [6.45, 7) is 18.1. The Kier molecular flexibility index (Phi) is 3.87. The summed E-state index contributed by atoms with van der Waals surface area (Å²) < 4.78 is 13.8. The molecular weight excluding hydrogens is 439 g/mol. The highest BCUT2D eigenvalue weighted by atomic mass is 28.4. The van der Waals surface area contributed by atoms with Crippen molar-refractivity contribution in [3.05, 3.63) is 46.5 Å².